The lowest BCUT2D eigenvalue weighted by Gasteiger charge is -2.27. The number of ketones is 1. The first-order valence-electron chi connectivity index (χ1n) is 6.50. The van der Waals surface area contributed by atoms with E-state index in [0.717, 1.165) is 24.8 Å². The molecule has 2 atom stereocenters. The molecule has 1 aliphatic rings. The molecule has 0 saturated heterocycles. The van der Waals surface area contributed by atoms with Gasteiger partial charge < -0.3 is 5.73 Å². The summed E-state index contributed by atoms with van der Waals surface area (Å²) in [4.78, 5) is 12.2. The van der Waals surface area contributed by atoms with Gasteiger partial charge in [-0.1, -0.05) is 42.7 Å². The Morgan fingerprint density at radius 1 is 1.24 bits per heavy atom. The third-order valence-corrected chi connectivity index (χ3v) is 3.73. The summed E-state index contributed by atoms with van der Waals surface area (Å²) in [7, 11) is 0. The number of carbonyl (C=O) groups is 1. The summed E-state index contributed by atoms with van der Waals surface area (Å²) in [5.74, 6) is 0.408. The van der Waals surface area contributed by atoms with Gasteiger partial charge in [-0.2, -0.15) is 0 Å². The molecule has 0 bridgehead atoms. The van der Waals surface area contributed by atoms with Crippen LogP contribution in [-0.2, 0) is 11.2 Å². The van der Waals surface area contributed by atoms with Crippen LogP contribution in [0.15, 0.2) is 24.3 Å². The summed E-state index contributed by atoms with van der Waals surface area (Å²) < 4.78 is 0. The molecule has 1 saturated carbocycles. The van der Waals surface area contributed by atoms with Crippen molar-refractivity contribution in [2.75, 3.05) is 0 Å². The van der Waals surface area contributed by atoms with Crippen LogP contribution < -0.4 is 5.73 Å². The number of carbonyl (C=O) groups excluding carboxylic acids is 1. The fraction of sp³-hybridized carbons (Fsp3) is 0.533. The molecule has 1 aromatic carbocycles. The van der Waals surface area contributed by atoms with Gasteiger partial charge in [-0.15, -0.1) is 0 Å². The summed E-state index contributed by atoms with van der Waals surface area (Å²) in [6.45, 7) is 2.06. The Morgan fingerprint density at radius 3 is 2.53 bits per heavy atom. The predicted molar refractivity (Wildman–Crippen MR) is 69.8 cm³/mol. The van der Waals surface area contributed by atoms with Crippen molar-refractivity contribution in [1.82, 2.24) is 0 Å². The summed E-state index contributed by atoms with van der Waals surface area (Å²) in [6.07, 6.45) is 4.85. The lowest BCUT2D eigenvalue weighted by molar-refractivity contribution is -0.123. The molecule has 92 valence electrons. The average Bonchev–Trinajstić information content (AvgIpc) is 2.32. The van der Waals surface area contributed by atoms with E-state index < -0.39 is 0 Å². The normalized spacial score (nSPS) is 24.6. The Labute approximate surface area is 103 Å². The quantitative estimate of drug-likeness (QED) is 0.869. The van der Waals surface area contributed by atoms with Crippen molar-refractivity contribution in [1.29, 1.82) is 0 Å². The molecule has 0 aromatic heterocycles. The van der Waals surface area contributed by atoms with E-state index in [2.05, 4.69) is 19.1 Å². The highest BCUT2D eigenvalue weighted by Crippen LogP contribution is 2.24. The average molecular weight is 231 g/mol. The lowest BCUT2D eigenvalue weighted by Crippen LogP contribution is -2.38. The van der Waals surface area contributed by atoms with Crippen molar-refractivity contribution < 1.29 is 4.79 Å². The third-order valence-electron chi connectivity index (χ3n) is 3.73. The van der Waals surface area contributed by atoms with Crippen molar-refractivity contribution in [3.8, 4) is 0 Å². The number of nitrogens with two attached hydrogens (primary N) is 1. The second-order valence-electron chi connectivity index (χ2n) is 5.18. The van der Waals surface area contributed by atoms with E-state index in [1.54, 1.807) is 0 Å². The molecule has 1 fully saturated rings. The van der Waals surface area contributed by atoms with Crippen LogP contribution >= 0.6 is 0 Å². The molecule has 2 unspecified atom stereocenters. The van der Waals surface area contributed by atoms with Gasteiger partial charge >= 0.3 is 0 Å². The van der Waals surface area contributed by atoms with Gasteiger partial charge in [0.2, 0.25) is 0 Å². The molecule has 1 aliphatic carbocycles. The molecule has 0 amide bonds. The fourth-order valence-electron chi connectivity index (χ4n) is 2.60. The molecular weight excluding hydrogens is 210 g/mol. The number of rotatable bonds is 3. The van der Waals surface area contributed by atoms with E-state index in [-0.39, 0.29) is 12.0 Å². The van der Waals surface area contributed by atoms with Gasteiger partial charge in [0.05, 0.1) is 0 Å². The first kappa shape index (κ1) is 12.3. The van der Waals surface area contributed by atoms with E-state index in [1.165, 1.54) is 12.0 Å². The van der Waals surface area contributed by atoms with Crippen LogP contribution in [0.5, 0.6) is 0 Å². The van der Waals surface area contributed by atoms with Gasteiger partial charge in [0.1, 0.15) is 5.78 Å². The van der Waals surface area contributed by atoms with Crippen LogP contribution in [0.4, 0.5) is 0 Å². The first-order valence-corrected chi connectivity index (χ1v) is 6.50. The van der Waals surface area contributed by atoms with E-state index in [4.69, 9.17) is 5.73 Å². The highest BCUT2D eigenvalue weighted by Gasteiger charge is 2.27. The van der Waals surface area contributed by atoms with Gasteiger partial charge in [0, 0.05) is 18.4 Å². The Hall–Kier alpha value is -1.15. The SMILES string of the molecule is Cc1ccc(CC(=O)C2CCCCC2N)cc1. The summed E-state index contributed by atoms with van der Waals surface area (Å²) in [6, 6.07) is 8.29. The highest BCUT2D eigenvalue weighted by molar-refractivity contribution is 5.84. The van der Waals surface area contributed by atoms with Crippen molar-refractivity contribution >= 4 is 5.78 Å². The smallest absolute Gasteiger partial charge is 0.141 e. The number of hydrogen-bond acceptors (Lipinski definition) is 2. The molecule has 1 aromatic rings. The standard InChI is InChI=1S/C15H21NO/c1-11-6-8-12(9-7-11)10-15(17)13-4-2-3-5-14(13)16/h6-9,13-14H,2-5,10,16H2,1H3. The number of Topliss-reactive ketones (excluding diaryl/α,β-unsaturated/α-hetero) is 1. The van der Waals surface area contributed by atoms with E-state index in [1.807, 2.05) is 12.1 Å². The number of aryl methyl sites for hydroxylation is 1. The third kappa shape index (κ3) is 3.16. The van der Waals surface area contributed by atoms with Crippen LogP contribution in [0.25, 0.3) is 0 Å². The van der Waals surface area contributed by atoms with Crippen molar-refractivity contribution in [3.63, 3.8) is 0 Å². The summed E-state index contributed by atoms with van der Waals surface area (Å²) in [5, 5.41) is 0. The van der Waals surface area contributed by atoms with Crippen LogP contribution in [0.2, 0.25) is 0 Å². The van der Waals surface area contributed by atoms with E-state index in [0.29, 0.717) is 12.2 Å². The molecule has 0 aliphatic heterocycles. The molecule has 17 heavy (non-hydrogen) atoms. The molecular formula is C15H21NO. The van der Waals surface area contributed by atoms with Gasteiger partial charge in [-0.05, 0) is 25.3 Å². The van der Waals surface area contributed by atoms with Gasteiger partial charge in [-0.25, -0.2) is 0 Å². The highest BCUT2D eigenvalue weighted by atomic mass is 16.1. The summed E-state index contributed by atoms with van der Waals surface area (Å²) in [5.41, 5.74) is 8.38. The lowest BCUT2D eigenvalue weighted by atomic mass is 9.80. The van der Waals surface area contributed by atoms with Crippen LogP contribution in [0.3, 0.4) is 0 Å². The zero-order valence-corrected chi connectivity index (χ0v) is 10.5. The minimum Gasteiger partial charge on any atom is -0.327 e. The molecule has 2 N–H and O–H groups in total. The zero-order chi connectivity index (χ0) is 12.3. The van der Waals surface area contributed by atoms with E-state index >= 15 is 0 Å². The largest absolute Gasteiger partial charge is 0.327 e. The molecule has 2 heteroatoms. The number of benzene rings is 1. The second kappa shape index (κ2) is 5.46. The summed E-state index contributed by atoms with van der Waals surface area (Å²) >= 11 is 0. The Kier molecular flexibility index (Phi) is 3.95. The Bertz CT molecular complexity index is 382. The maximum atomic E-state index is 12.2. The minimum atomic E-state index is 0.0849. The second-order valence-corrected chi connectivity index (χ2v) is 5.18. The molecule has 2 rings (SSSR count). The van der Waals surface area contributed by atoms with Gasteiger partial charge in [-0.3, -0.25) is 4.79 Å². The molecule has 2 nitrogen and oxygen atoms in total. The molecule has 0 heterocycles. The number of hydrogen-bond donors (Lipinski definition) is 1. The van der Waals surface area contributed by atoms with Crippen molar-refractivity contribution in [2.24, 2.45) is 11.7 Å². The zero-order valence-electron chi connectivity index (χ0n) is 10.5. The van der Waals surface area contributed by atoms with Gasteiger partial charge in [0.25, 0.3) is 0 Å². The van der Waals surface area contributed by atoms with Crippen LogP contribution in [0.1, 0.15) is 36.8 Å². The Morgan fingerprint density at radius 2 is 1.88 bits per heavy atom. The maximum absolute atomic E-state index is 12.2. The van der Waals surface area contributed by atoms with Crippen LogP contribution in [0, 0.1) is 12.8 Å². The minimum absolute atomic E-state index is 0.0849. The van der Waals surface area contributed by atoms with Crippen molar-refractivity contribution in [3.05, 3.63) is 35.4 Å². The van der Waals surface area contributed by atoms with Crippen LogP contribution in [-0.4, -0.2) is 11.8 Å². The monoisotopic (exact) mass is 231 g/mol. The Balaban J connectivity index is 1.98. The topological polar surface area (TPSA) is 43.1 Å². The molecule has 0 spiro atoms. The van der Waals surface area contributed by atoms with E-state index in [9.17, 15) is 4.79 Å². The van der Waals surface area contributed by atoms with Crippen molar-refractivity contribution in [2.45, 2.75) is 45.1 Å². The molecule has 0 radical (unpaired) electrons. The first-order chi connectivity index (χ1) is 8.16. The van der Waals surface area contributed by atoms with Gasteiger partial charge in [0.15, 0.2) is 0 Å². The predicted octanol–water partition coefficient (Wildman–Crippen LogP) is 2.62. The maximum Gasteiger partial charge on any atom is 0.141 e. The fourth-order valence-corrected chi connectivity index (χ4v) is 2.60.